The van der Waals surface area contributed by atoms with Crippen LogP contribution >= 0.6 is 0 Å². The number of rotatable bonds is 10. The van der Waals surface area contributed by atoms with Gasteiger partial charge in [0.15, 0.2) is 11.5 Å². The third-order valence-corrected chi connectivity index (χ3v) is 6.47. The summed E-state index contributed by atoms with van der Waals surface area (Å²) in [5.41, 5.74) is -0.293. The van der Waals surface area contributed by atoms with Crippen LogP contribution in [0, 0.1) is 5.92 Å². The maximum atomic E-state index is 13.9. The standard InChI is InChI=1S/C29H29F6N5O2/c1-5-6-13-36-24(19-11-12-19)23(17(2)41-4)25-37-14-21(28(30,31)32)27(39-25)42-16-18-7-9-20(10-8-18)26-38-22(15-40(26)3)29(33,34)35/h6-10,13-15,19H,5,11-12,16H2,1-4H3/b13-6+,23-17-,36-24+. The summed E-state index contributed by atoms with van der Waals surface area (Å²) in [6.45, 7) is 3.33. The summed E-state index contributed by atoms with van der Waals surface area (Å²) in [6.07, 6.45) is -1.82. The fourth-order valence-corrected chi connectivity index (χ4v) is 4.09. The number of imidazole rings is 1. The number of allylic oxidation sites excluding steroid dienone is 3. The van der Waals surface area contributed by atoms with Crippen molar-refractivity contribution in [1.82, 2.24) is 19.5 Å². The van der Waals surface area contributed by atoms with E-state index in [1.807, 2.05) is 13.0 Å². The van der Waals surface area contributed by atoms with Gasteiger partial charge in [0.2, 0.25) is 5.88 Å². The van der Waals surface area contributed by atoms with E-state index >= 15 is 0 Å². The lowest BCUT2D eigenvalue weighted by Gasteiger charge is -2.17. The lowest BCUT2D eigenvalue weighted by atomic mass is 10.0. The van der Waals surface area contributed by atoms with Gasteiger partial charge < -0.3 is 14.0 Å². The van der Waals surface area contributed by atoms with Crippen molar-refractivity contribution < 1.29 is 35.8 Å². The monoisotopic (exact) mass is 593 g/mol. The predicted octanol–water partition coefficient (Wildman–Crippen LogP) is 7.65. The molecular formula is C29H29F6N5O2. The van der Waals surface area contributed by atoms with E-state index in [1.165, 1.54) is 43.0 Å². The van der Waals surface area contributed by atoms with Crippen molar-refractivity contribution in [3.63, 3.8) is 0 Å². The van der Waals surface area contributed by atoms with Gasteiger partial charge in [0.05, 0.1) is 18.4 Å². The van der Waals surface area contributed by atoms with Gasteiger partial charge in [-0.05, 0) is 31.7 Å². The van der Waals surface area contributed by atoms with Crippen molar-refractivity contribution in [1.29, 1.82) is 0 Å². The normalized spacial score (nSPS) is 15.2. The number of hydrogen-bond donors (Lipinski definition) is 0. The predicted molar refractivity (Wildman–Crippen MR) is 144 cm³/mol. The van der Waals surface area contributed by atoms with Crippen LogP contribution in [0.15, 0.2) is 59.7 Å². The highest BCUT2D eigenvalue weighted by molar-refractivity contribution is 6.25. The molecule has 2 heterocycles. The van der Waals surface area contributed by atoms with Crippen LogP contribution in [0.5, 0.6) is 5.88 Å². The summed E-state index contributed by atoms with van der Waals surface area (Å²) < 4.78 is 93.0. The van der Waals surface area contributed by atoms with E-state index in [9.17, 15) is 26.3 Å². The number of aromatic nitrogens is 4. The third-order valence-electron chi connectivity index (χ3n) is 6.47. The molecule has 0 aliphatic heterocycles. The molecule has 0 amide bonds. The van der Waals surface area contributed by atoms with E-state index in [-0.39, 0.29) is 24.2 Å². The number of methoxy groups -OCH3 is 1. The van der Waals surface area contributed by atoms with E-state index in [0.29, 0.717) is 34.4 Å². The summed E-state index contributed by atoms with van der Waals surface area (Å²) in [5.74, 6) is -0.0971. The number of hydrogen-bond acceptors (Lipinski definition) is 6. The number of nitrogens with zero attached hydrogens (tertiary/aromatic N) is 5. The van der Waals surface area contributed by atoms with Crippen LogP contribution in [-0.4, -0.2) is 32.3 Å². The minimum atomic E-state index is -4.79. The summed E-state index contributed by atoms with van der Waals surface area (Å²) in [4.78, 5) is 16.4. The van der Waals surface area contributed by atoms with Gasteiger partial charge >= 0.3 is 12.4 Å². The number of aryl methyl sites for hydroxylation is 1. The van der Waals surface area contributed by atoms with E-state index in [1.54, 1.807) is 13.1 Å². The second-order valence-corrected chi connectivity index (χ2v) is 9.67. The molecule has 1 aromatic carbocycles. The van der Waals surface area contributed by atoms with Crippen LogP contribution in [0.3, 0.4) is 0 Å². The zero-order chi connectivity index (χ0) is 30.7. The molecule has 0 saturated heterocycles. The smallest absolute Gasteiger partial charge is 0.434 e. The average Bonchev–Trinajstić information content (AvgIpc) is 3.70. The molecule has 42 heavy (non-hydrogen) atoms. The second kappa shape index (κ2) is 12.4. The molecule has 0 radical (unpaired) electrons. The lowest BCUT2D eigenvalue weighted by molar-refractivity contribution is -0.141. The first-order valence-electron chi connectivity index (χ1n) is 13.1. The molecule has 1 aliphatic rings. The number of ether oxygens (including phenoxy) is 2. The molecule has 0 unspecified atom stereocenters. The minimum Gasteiger partial charge on any atom is -0.501 e. The fourth-order valence-electron chi connectivity index (χ4n) is 4.09. The Morgan fingerprint density at radius 3 is 2.31 bits per heavy atom. The maximum Gasteiger partial charge on any atom is 0.434 e. The number of aliphatic imine (C=N–C) groups is 1. The van der Waals surface area contributed by atoms with Crippen molar-refractivity contribution in [3.8, 4) is 17.3 Å². The highest BCUT2D eigenvalue weighted by Crippen LogP contribution is 2.39. The summed E-state index contributed by atoms with van der Waals surface area (Å²) in [7, 11) is 2.88. The summed E-state index contributed by atoms with van der Waals surface area (Å²) >= 11 is 0. The molecule has 3 aromatic rings. The Morgan fingerprint density at radius 1 is 1.07 bits per heavy atom. The molecule has 1 fully saturated rings. The van der Waals surface area contributed by atoms with Crippen LogP contribution in [0.25, 0.3) is 17.0 Å². The van der Waals surface area contributed by atoms with E-state index < -0.39 is 29.5 Å². The molecule has 0 N–H and O–H groups in total. The minimum absolute atomic E-state index is 0.0153. The molecule has 7 nitrogen and oxygen atoms in total. The quantitative estimate of drug-likeness (QED) is 0.137. The molecule has 0 bridgehead atoms. The number of alkyl halides is 6. The largest absolute Gasteiger partial charge is 0.501 e. The van der Waals surface area contributed by atoms with Crippen LogP contribution in [-0.2, 0) is 30.7 Å². The van der Waals surface area contributed by atoms with Crippen LogP contribution in [0.1, 0.15) is 55.8 Å². The van der Waals surface area contributed by atoms with Crippen molar-refractivity contribution in [2.24, 2.45) is 18.0 Å². The Hall–Kier alpha value is -4.16. The van der Waals surface area contributed by atoms with Crippen LogP contribution in [0.4, 0.5) is 26.3 Å². The molecule has 0 spiro atoms. The van der Waals surface area contributed by atoms with Gasteiger partial charge in [-0.15, -0.1) is 0 Å². The van der Waals surface area contributed by atoms with Crippen LogP contribution in [0.2, 0.25) is 0 Å². The van der Waals surface area contributed by atoms with Crippen molar-refractivity contribution in [3.05, 3.63) is 77.3 Å². The SMILES string of the molecule is CC/C=C/N=C(/C(=C(\C)OC)c1ncc(C(F)(F)F)c(OCc2ccc(-c3nc(C(F)(F)F)cn3C)cc2)n1)C1CC1. The molecule has 1 aliphatic carbocycles. The molecular weight excluding hydrogens is 564 g/mol. The number of halogens is 6. The highest BCUT2D eigenvalue weighted by Gasteiger charge is 2.38. The van der Waals surface area contributed by atoms with Crippen LogP contribution < -0.4 is 4.74 Å². The van der Waals surface area contributed by atoms with Gasteiger partial charge in [-0.3, -0.25) is 4.99 Å². The Labute approximate surface area is 238 Å². The van der Waals surface area contributed by atoms with Crippen molar-refractivity contribution >= 4 is 11.3 Å². The topological polar surface area (TPSA) is 74.4 Å². The molecule has 224 valence electrons. The Kier molecular flexibility index (Phi) is 9.07. The molecule has 13 heteroatoms. The lowest BCUT2D eigenvalue weighted by Crippen LogP contribution is -2.15. The summed E-state index contributed by atoms with van der Waals surface area (Å²) in [5, 5.41) is 0. The van der Waals surface area contributed by atoms with Gasteiger partial charge in [0, 0.05) is 37.1 Å². The zero-order valence-corrected chi connectivity index (χ0v) is 23.3. The first-order chi connectivity index (χ1) is 19.8. The Morgan fingerprint density at radius 2 is 1.76 bits per heavy atom. The van der Waals surface area contributed by atoms with E-state index in [2.05, 4.69) is 19.9 Å². The first kappa shape index (κ1) is 30.8. The fraction of sp³-hybridized carbons (Fsp3) is 0.379. The average molecular weight is 594 g/mol. The maximum absolute atomic E-state index is 13.9. The van der Waals surface area contributed by atoms with Crippen molar-refractivity contribution in [2.75, 3.05) is 7.11 Å². The Bertz CT molecular complexity index is 1500. The summed E-state index contributed by atoms with van der Waals surface area (Å²) in [6, 6.07) is 6.10. The zero-order valence-electron chi connectivity index (χ0n) is 23.3. The van der Waals surface area contributed by atoms with Gasteiger partial charge in [-0.2, -0.15) is 31.3 Å². The molecule has 1 saturated carbocycles. The second-order valence-electron chi connectivity index (χ2n) is 9.67. The van der Waals surface area contributed by atoms with E-state index in [4.69, 9.17) is 9.47 Å². The first-order valence-corrected chi connectivity index (χ1v) is 13.1. The third kappa shape index (κ3) is 7.18. The van der Waals surface area contributed by atoms with Gasteiger partial charge in [0.25, 0.3) is 0 Å². The number of benzene rings is 1. The van der Waals surface area contributed by atoms with Gasteiger partial charge in [0.1, 0.15) is 23.8 Å². The highest BCUT2D eigenvalue weighted by atomic mass is 19.4. The van der Waals surface area contributed by atoms with E-state index in [0.717, 1.165) is 25.5 Å². The molecule has 0 atom stereocenters. The van der Waals surface area contributed by atoms with Gasteiger partial charge in [-0.1, -0.05) is 37.3 Å². The molecule has 2 aromatic heterocycles. The Balaban J connectivity index is 1.64. The van der Waals surface area contributed by atoms with Crippen molar-refractivity contribution in [2.45, 2.75) is 52.1 Å². The molecule has 4 rings (SSSR count). The van der Waals surface area contributed by atoms with Gasteiger partial charge in [-0.25, -0.2) is 9.97 Å².